The summed E-state index contributed by atoms with van der Waals surface area (Å²) < 4.78 is 0. The third-order valence-corrected chi connectivity index (χ3v) is 2.73. The molecular weight excluding hydrogens is 224 g/mol. The smallest absolute Gasteiger partial charge is 0.251 e. The number of carbonyl (C=O) groups excluding carboxylic acids is 1. The van der Waals surface area contributed by atoms with Gasteiger partial charge in [-0.2, -0.15) is 0 Å². The number of aryl methyl sites for hydroxylation is 1. The van der Waals surface area contributed by atoms with Crippen LogP contribution in [0.3, 0.4) is 0 Å². The van der Waals surface area contributed by atoms with Crippen LogP contribution < -0.4 is 10.6 Å². The summed E-state index contributed by atoms with van der Waals surface area (Å²) in [6.45, 7) is 3.47. The van der Waals surface area contributed by atoms with Gasteiger partial charge in [0.1, 0.15) is 0 Å². The fourth-order valence-electron chi connectivity index (χ4n) is 1.36. The molecule has 1 aromatic rings. The van der Waals surface area contributed by atoms with Crippen LogP contribution in [0.25, 0.3) is 0 Å². The van der Waals surface area contributed by atoms with E-state index in [0.717, 1.165) is 18.5 Å². The first-order valence-corrected chi connectivity index (χ1v) is 5.72. The van der Waals surface area contributed by atoms with E-state index < -0.39 is 0 Å². The largest absolute Gasteiger partial charge is 0.352 e. The maximum Gasteiger partial charge on any atom is 0.251 e. The first-order chi connectivity index (χ1) is 7.65. The molecule has 0 atom stereocenters. The Balaban J connectivity index is 2.50. The number of rotatable bonds is 5. The van der Waals surface area contributed by atoms with Gasteiger partial charge in [0.2, 0.25) is 0 Å². The molecule has 0 spiro atoms. The van der Waals surface area contributed by atoms with Crippen molar-refractivity contribution in [3.8, 4) is 0 Å². The number of halogens is 1. The van der Waals surface area contributed by atoms with Gasteiger partial charge in [-0.1, -0.05) is 11.6 Å². The Kier molecular flexibility index (Phi) is 5.29. The molecule has 0 bridgehead atoms. The molecule has 16 heavy (non-hydrogen) atoms. The van der Waals surface area contributed by atoms with Gasteiger partial charge in [-0.15, -0.1) is 0 Å². The van der Waals surface area contributed by atoms with Crippen LogP contribution in [0.4, 0.5) is 0 Å². The molecule has 1 rings (SSSR count). The quantitative estimate of drug-likeness (QED) is 0.773. The third-order valence-electron chi connectivity index (χ3n) is 2.31. The van der Waals surface area contributed by atoms with Crippen molar-refractivity contribution >= 4 is 17.5 Å². The van der Waals surface area contributed by atoms with E-state index in [0.29, 0.717) is 17.1 Å². The summed E-state index contributed by atoms with van der Waals surface area (Å²) in [4.78, 5) is 11.7. The molecular formula is C12H17ClN2O. The number of benzene rings is 1. The van der Waals surface area contributed by atoms with E-state index >= 15 is 0 Å². The fourth-order valence-corrected chi connectivity index (χ4v) is 1.47. The van der Waals surface area contributed by atoms with E-state index in [4.69, 9.17) is 11.6 Å². The second-order valence-corrected chi connectivity index (χ2v) is 4.08. The summed E-state index contributed by atoms with van der Waals surface area (Å²) >= 11 is 5.89. The summed E-state index contributed by atoms with van der Waals surface area (Å²) in [6, 6.07) is 5.29. The molecule has 0 radical (unpaired) electrons. The van der Waals surface area contributed by atoms with Crippen LogP contribution in [0.5, 0.6) is 0 Å². The van der Waals surface area contributed by atoms with Crippen LogP contribution in [0.15, 0.2) is 18.2 Å². The van der Waals surface area contributed by atoms with Crippen LogP contribution in [0.1, 0.15) is 22.3 Å². The molecule has 1 amide bonds. The number of amides is 1. The molecule has 0 aromatic heterocycles. The third kappa shape index (κ3) is 3.83. The molecule has 4 heteroatoms. The molecule has 0 unspecified atom stereocenters. The Hall–Kier alpha value is -1.06. The summed E-state index contributed by atoms with van der Waals surface area (Å²) in [5, 5.41) is 6.57. The highest BCUT2D eigenvalue weighted by Gasteiger charge is 2.05. The highest BCUT2D eigenvalue weighted by Crippen LogP contribution is 2.16. The van der Waals surface area contributed by atoms with Gasteiger partial charge in [-0.05, 0) is 50.7 Å². The van der Waals surface area contributed by atoms with Crippen molar-refractivity contribution in [2.75, 3.05) is 20.1 Å². The zero-order chi connectivity index (χ0) is 12.0. The Morgan fingerprint density at radius 3 is 2.75 bits per heavy atom. The van der Waals surface area contributed by atoms with Crippen molar-refractivity contribution in [2.24, 2.45) is 0 Å². The normalized spacial score (nSPS) is 10.2. The summed E-state index contributed by atoms with van der Waals surface area (Å²) in [5.41, 5.74) is 1.58. The van der Waals surface area contributed by atoms with Gasteiger partial charge in [0.05, 0.1) is 0 Å². The first kappa shape index (κ1) is 13.0. The van der Waals surface area contributed by atoms with Gasteiger partial charge >= 0.3 is 0 Å². The zero-order valence-corrected chi connectivity index (χ0v) is 10.4. The van der Waals surface area contributed by atoms with E-state index in [9.17, 15) is 4.79 Å². The van der Waals surface area contributed by atoms with E-state index in [1.165, 1.54) is 0 Å². The maximum atomic E-state index is 11.7. The van der Waals surface area contributed by atoms with E-state index in [1.54, 1.807) is 18.2 Å². The van der Waals surface area contributed by atoms with Crippen LogP contribution in [-0.4, -0.2) is 26.0 Å². The fraction of sp³-hybridized carbons (Fsp3) is 0.417. The average Bonchev–Trinajstić information content (AvgIpc) is 2.28. The van der Waals surface area contributed by atoms with Crippen LogP contribution >= 0.6 is 11.6 Å². The maximum absolute atomic E-state index is 11.7. The van der Waals surface area contributed by atoms with Gasteiger partial charge in [0.25, 0.3) is 5.91 Å². The molecule has 1 aromatic carbocycles. The highest BCUT2D eigenvalue weighted by molar-refractivity contribution is 6.31. The monoisotopic (exact) mass is 240 g/mol. The molecule has 3 nitrogen and oxygen atoms in total. The van der Waals surface area contributed by atoms with E-state index in [-0.39, 0.29) is 5.91 Å². The second-order valence-electron chi connectivity index (χ2n) is 3.68. The van der Waals surface area contributed by atoms with Gasteiger partial charge in [-0.25, -0.2) is 0 Å². The Bertz CT molecular complexity index is 366. The predicted molar refractivity (Wildman–Crippen MR) is 67.1 cm³/mol. The molecule has 88 valence electrons. The van der Waals surface area contributed by atoms with Crippen molar-refractivity contribution in [1.29, 1.82) is 0 Å². The molecule has 2 N–H and O–H groups in total. The van der Waals surface area contributed by atoms with Gasteiger partial charge < -0.3 is 10.6 Å². The second kappa shape index (κ2) is 6.51. The standard InChI is InChI=1S/C12H17ClN2O/c1-9-8-10(4-5-11(9)13)12(16)15-7-3-6-14-2/h4-5,8,14H,3,6-7H2,1-2H3,(H,15,16). The van der Waals surface area contributed by atoms with Crippen LogP contribution in [-0.2, 0) is 0 Å². The average molecular weight is 241 g/mol. The van der Waals surface area contributed by atoms with Gasteiger partial charge in [-0.3, -0.25) is 4.79 Å². The summed E-state index contributed by atoms with van der Waals surface area (Å²) in [6.07, 6.45) is 0.925. The first-order valence-electron chi connectivity index (χ1n) is 5.34. The lowest BCUT2D eigenvalue weighted by Crippen LogP contribution is -2.26. The summed E-state index contributed by atoms with van der Waals surface area (Å²) in [7, 11) is 1.89. The molecule has 0 fully saturated rings. The van der Waals surface area contributed by atoms with Crippen molar-refractivity contribution in [3.63, 3.8) is 0 Å². The lowest BCUT2D eigenvalue weighted by atomic mass is 10.1. The van der Waals surface area contributed by atoms with E-state index in [2.05, 4.69) is 10.6 Å². The Morgan fingerprint density at radius 1 is 1.38 bits per heavy atom. The number of hydrogen-bond acceptors (Lipinski definition) is 2. The van der Waals surface area contributed by atoms with E-state index in [1.807, 2.05) is 14.0 Å². The van der Waals surface area contributed by atoms with Crippen molar-refractivity contribution in [1.82, 2.24) is 10.6 Å². The Morgan fingerprint density at radius 2 is 2.12 bits per heavy atom. The summed E-state index contributed by atoms with van der Waals surface area (Å²) in [5.74, 6) is -0.0455. The van der Waals surface area contributed by atoms with Crippen LogP contribution in [0, 0.1) is 6.92 Å². The number of nitrogens with one attached hydrogen (secondary N) is 2. The number of hydrogen-bond donors (Lipinski definition) is 2. The molecule has 0 aliphatic rings. The van der Waals surface area contributed by atoms with Crippen molar-refractivity contribution in [3.05, 3.63) is 34.3 Å². The highest BCUT2D eigenvalue weighted by atomic mass is 35.5. The SMILES string of the molecule is CNCCCNC(=O)c1ccc(Cl)c(C)c1. The lowest BCUT2D eigenvalue weighted by molar-refractivity contribution is 0.0953. The molecule has 0 saturated heterocycles. The van der Waals surface area contributed by atoms with Crippen LogP contribution in [0.2, 0.25) is 5.02 Å². The molecule has 0 aliphatic heterocycles. The lowest BCUT2D eigenvalue weighted by Gasteiger charge is -2.06. The molecule has 0 heterocycles. The van der Waals surface area contributed by atoms with Crippen molar-refractivity contribution < 1.29 is 4.79 Å². The minimum atomic E-state index is -0.0455. The molecule has 0 aliphatic carbocycles. The predicted octanol–water partition coefficient (Wildman–Crippen LogP) is 1.99. The van der Waals surface area contributed by atoms with Gasteiger partial charge in [0, 0.05) is 17.1 Å². The molecule has 0 saturated carbocycles. The minimum absolute atomic E-state index is 0.0455. The van der Waals surface area contributed by atoms with Gasteiger partial charge in [0.15, 0.2) is 0 Å². The minimum Gasteiger partial charge on any atom is -0.352 e. The van der Waals surface area contributed by atoms with Crippen molar-refractivity contribution in [2.45, 2.75) is 13.3 Å². The number of carbonyl (C=O) groups is 1. The topological polar surface area (TPSA) is 41.1 Å². The zero-order valence-electron chi connectivity index (χ0n) is 9.64. The Labute approximate surface area is 101 Å².